The van der Waals surface area contributed by atoms with Crippen LogP contribution in [0.3, 0.4) is 0 Å². The molecular weight excluding hydrogens is 379 g/mol. The van der Waals surface area contributed by atoms with E-state index >= 15 is 0 Å². The number of nitrogens with zero attached hydrogens (tertiary/aromatic N) is 2. The van der Waals surface area contributed by atoms with Gasteiger partial charge in [0.15, 0.2) is 0 Å². The minimum Gasteiger partial charge on any atom is -0.350 e. The molecule has 28 heavy (non-hydrogen) atoms. The van der Waals surface area contributed by atoms with E-state index in [1.165, 1.54) is 12.1 Å². The Morgan fingerprint density at radius 3 is 2.43 bits per heavy atom. The summed E-state index contributed by atoms with van der Waals surface area (Å²) < 4.78 is 12.9. The maximum atomic E-state index is 12.9. The third-order valence-corrected chi connectivity index (χ3v) is 4.32. The van der Waals surface area contributed by atoms with Gasteiger partial charge < -0.3 is 10.6 Å². The van der Waals surface area contributed by atoms with Gasteiger partial charge in [0, 0.05) is 23.8 Å². The quantitative estimate of drug-likeness (QED) is 0.627. The number of anilines is 1. The second kappa shape index (κ2) is 9.28. The van der Waals surface area contributed by atoms with Gasteiger partial charge >= 0.3 is 0 Å². The molecule has 1 heterocycles. The molecule has 0 aliphatic carbocycles. The van der Waals surface area contributed by atoms with E-state index in [0.29, 0.717) is 41.9 Å². The zero-order valence-electron chi connectivity index (χ0n) is 15.4. The van der Waals surface area contributed by atoms with Crippen molar-refractivity contribution in [3.8, 4) is 0 Å². The molecule has 0 saturated heterocycles. The maximum Gasteiger partial charge on any atom is 0.270 e. The predicted molar refractivity (Wildman–Crippen MR) is 108 cm³/mol. The molecule has 7 heteroatoms. The topological polar surface area (TPSA) is 66.9 Å². The Balaban J connectivity index is 1.57. The van der Waals surface area contributed by atoms with Crippen molar-refractivity contribution in [3.63, 3.8) is 0 Å². The number of aromatic nitrogens is 2. The van der Waals surface area contributed by atoms with Gasteiger partial charge in [-0.2, -0.15) is 0 Å². The predicted octanol–water partition coefficient (Wildman–Crippen LogP) is 4.16. The molecule has 0 spiro atoms. The van der Waals surface area contributed by atoms with E-state index in [-0.39, 0.29) is 11.7 Å². The van der Waals surface area contributed by atoms with Crippen LogP contribution in [0.15, 0.2) is 54.6 Å². The molecule has 3 aromatic rings. The number of amides is 1. The number of nitrogens with one attached hydrogen (secondary N) is 2. The molecule has 1 aromatic heterocycles. The standard InChI is InChI=1S/C21H20ClFN4O/c1-14-12-19(20(28)24-11-10-15-4-8-18(23)9-5-15)27-21(26-14)25-13-16-2-6-17(22)7-3-16/h2-9,12H,10-11,13H2,1H3,(H,24,28)(H,25,26,27). The Hall–Kier alpha value is -2.99. The summed E-state index contributed by atoms with van der Waals surface area (Å²) in [5, 5.41) is 6.63. The molecule has 5 nitrogen and oxygen atoms in total. The first-order valence-corrected chi connectivity index (χ1v) is 9.24. The van der Waals surface area contributed by atoms with E-state index in [4.69, 9.17) is 11.6 Å². The highest BCUT2D eigenvalue weighted by molar-refractivity contribution is 6.30. The lowest BCUT2D eigenvalue weighted by molar-refractivity contribution is 0.0949. The van der Waals surface area contributed by atoms with Crippen LogP contribution >= 0.6 is 11.6 Å². The maximum absolute atomic E-state index is 12.9. The minimum absolute atomic E-state index is 0.275. The van der Waals surface area contributed by atoms with Gasteiger partial charge in [-0.1, -0.05) is 35.9 Å². The largest absolute Gasteiger partial charge is 0.350 e. The molecule has 1 amide bonds. The highest BCUT2D eigenvalue weighted by Crippen LogP contribution is 2.11. The van der Waals surface area contributed by atoms with Gasteiger partial charge in [0.25, 0.3) is 5.91 Å². The summed E-state index contributed by atoms with van der Waals surface area (Å²) in [5.41, 5.74) is 2.97. The molecule has 0 aliphatic rings. The summed E-state index contributed by atoms with van der Waals surface area (Å²) >= 11 is 5.89. The molecule has 0 aliphatic heterocycles. The smallest absolute Gasteiger partial charge is 0.270 e. The summed E-state index contributed by atoms with van der Waals surface area (Å²) in [6.07, 6.45) is 0.609. The van der Waals surface area contributed by atoms with Crippen LogP contribution < -0.4 is 10.6 Å². The number of halogens is 2. The molecule has 0 atom stereocenters. The van der Waals surface area contributed by atoms with Crippen molar-refractivity contribution >= 4 is 23.5 Å². The molecule has 0 unspecified atom stereocenters. The summed E-state index contributed by atoms with van der Waals surface area (Å²) in [6.45, 7) is 2.76. The molecule has 0 radical (unpaired) electrons. The van der Waals surface area contributed by atoms with Crippen molar-refractivity contribution in [2.24, 2.45) is 0 Å². The Morgan fingerprint density at radius 1 is 1.04 bits per heavy atom. The molecular formula is C21H20ClFN4O. The lowest BCUT2D eigenvalue weighted by Crippen LogP contribution is -2.27. The van der Waals surface area contributed by atoms with Crippen molar-refractivity contribution in [2.45, 2.75) is 19.9 Å². The normalized spacial score (nSPS) is 10.5. The molecule has 3 rings (SSSR count). The first-order valence-electron chi connectivity index (χ1n) is 8.86. The monoisotopic (exact) mass is 398 g/mol. The zero-order chi connectivity index (χ0) is 19.9. The molecule has 0 saturated carbocycles. The number of aryl methyl sites for hydroxylation is 1. The third kappa shape index (κ3) is 5.76. The van der Waals surface area contributed by atoms with Crippen LogP contribution in [0, 0.1) is 12.7 Å². The van der Waals surface area contributed by atoms with Gasteiger partial charge in [-0.15, -0.1) is 0 Å². The fraction of sp³-hybridized carbons (Fsp3) is 0.190. The van der Waals surface area contributed by atoms with Gasteiger partial charge in [-0.3, -0.25) is 4.79 Å². The van der Waals surface area contributed by atoms with Gasteiger partial charge in [0.2, 0.25) is 5.95 Å². The molecule has 0 fully saturated rings. The third-order valence-electron chi connectivity index (χ3n) is 4.06. The second-order valence-electron chi connectivity index (χ2n) is 6.33. The lowest BCUT2D eigenvalue weighted by atomic mass is 10.1. The Labute approximate surface area is 168 Å². The van der Waals surface area contributed by atoms with Crippen molar-refractivity contribution in [1.29, 1.82) is 0 Å². The van der Waals surface area contributed by atoms with Crippen molar-refractivity contribution in [1.82, 2.24) is 15.3 Å². The molecule has 2 N–H and O–H groups in total. The SMILES string of the molecule is Cc1cc(C(=O)NCCc2ccc(F)cc2)nc(NCc2ccc(Cl)cc2)n1. The summed E-state index contributed by atoms with van der Waals surface area (Å²) in [7, 11) is 0. The van der Waals surface area contributed by atoms with Crippen LogP contribution in [0.1, 0.15) is 27.3 Å². The van der Waals surface area contributed by atoms with Crippen LogP contribution in [0.2, 0.25) is 5.02 Å². The average Bonchev–Trinajstić information content (AvgIpc) is 2.68. The minimum atomic E-state index is -0.276. The highest BCUT2D eigenvalue weighted by atomic mass is 35.5. The van der Waals surface area contributed by atoms with Gasteiger partial charge in [0.1, 0.15) is 11.5 Å². The fourth-order valence-corrected chi connectivity index (χ4v) is 2.74. The Kier molecular flexibility index (Phi) is 6.55. The number of carbonyl (C=O) groups is 1. The van der Waals surface area contributed by atoms with Crippen LogP contribution in [-0.4, -0.2) is 22.4 Å². The van der Waals surface area contributed by atoms with E-state index in [2.05, 4.69) is 20.6 Å². The number of benzene rings is 2. The van der Waals surface area contributed by atoms with E-state index in [9.17, 15) is 9.18 Å². The lowest BCUT2D eigenvalue weighted by Gasteiger charge is -2.09. The van der Waals surface area contributed by atoms with E-state index in [1.54, 1.807) is 18.2 Å². The second-order valence-corrected chi connectivity index (χ2v) is 6.77. The van der Waals surface area contributed by atoms with Crippen molar-refractivity contribution in [3.05, 3.63) is 88.0 Å². The van der Waals surface area contributed by atoms with Gasteiger partial charge in [0.05, 0.1) is 0 Å². The van der Waals surface area contributed by atoms with Crippen LogP contribution in [0.4, 0.5) is 10.3 Å². The Morgan fingerprint density at radius 2 is 1.71 bits per heavy atom. The number of carbonyl (C=O) groups excluding carboxylic acids is 1. The molecule has 144 valence electrons. The van der Waals surface area contributed by atoms with E-state index in [0.717, 1.165) is 11.1 Å². The zero-order valence-corrected chi connectivity index (χ0v) is 16.1. The summed E-state index contributed by atoms with van der Waals surface area (Å²) in [4.78, 5) is 21.0. The van der Waals surface area contributed by atoms with E-state index < -0.39 is 0 Å². The summed E-state index contributed by atoms with van der Waals surface area (Å²) in [5.74, 6) is -0.163. The van der Waals surface area contributed by atoms with Gasteiger partial charge in [-0.05, 0) is 54.8 Å². The molecule has 0 bridgehead atoms. The van der Waals surface area contributed by atoms with Crippen molar-refractivity contribution < 1.29 is 9.18 Å². The fourth-order valence-electron chi connectivity index (χ4n) is 2.61. The highest BCUT2D eigenvalue weighted by Gasteiger charge is 2.10. The number of hydrogen-bond acceptors (Lipinski definition) is 4. The van der Waals surface area contributed by atoms with Crippen LogP contribution in [-0.2, 0) is 13.0 Å². The first kappa shape index (κ1) is 19.8. The summed E-state index contributed by atoms with van der Waals surface area (Å²) in [6, 6.07) is 15.3. The van der Waals surface area contributed by atoms with E-state index in [1.807, 2.05) is 31.2 Å². The van der Waals surface area contributed by atoms with Crippen LogP contribution in [0.5, 0.6) is 0 Å². The van der Waals surface area contributed by atoms with Gasteiger partial charge in [-0.25, -0.2) is 14.4 Å². The average molecular weight is 399 g/mol. The van der Waals surface area contributed by atoms with Crippen molar-refractivity contribution in [2.75, 3.05) is 11.9 Å². The number of hydrogen-bond donors (Lipinski definition) is 2. The van der Waals surface area contributed by atoms with Crippen LogP contribution in [0.25, 0.3) is 0 Å². The first-order chi connectivity index (χ1) is 13.5. The molecule has 2 aromatic carbocycles. The Bertz CT molecular complexity index is 946. The number of rotatable bonds is 7.